The van der Waals surface area contributed by atoms with Crippen molar-refractivity contribution >= 4 is 11.8 Å². The number of aromatic nitrogens is 3. The molecule has 2 N–H and O–H groups in total. The highest BCUT2D eigenvalue weighted by atomic mass is 16.4. The monoisotopic (exact) mass is 366 g/mol. The van der Waals surface area contributed by atoms with Crippen LogP contribution >= 0.6 is 0 Å². The molecular weight excluding hydrogens is 340 g/mol. The third-order valence-corrected chi connectivity index (χ3v) is 4.78. The number of carboxylic acid groups (broad SMARTS) is 1. The van der Waals surface area contributed by atoms with Gasteiger partial charge in [0.15, 0.2) is 0 Å². The Balaban J connectivity index is 1.45. The van der Waals surface area contributed by atoms with E-state index in [0.717, 1.165) is 55.7 Å². The average Bonchev–Trinajstić information content (AvgIpc) is 2.70. The second kappa shape index (κ2) is 9.80. The number of pyridine rings is 1. The summed E-state index contributed by atoms with van der Waals surface area (Å²) in [7, 11) is 0. The number of aryl methyl sites for hydroxylation is 2. The number of aliphatic carboxylic acids is 1. The van der Waals surface area contributed by atoms with Gasteiger partial charge in [0.05, 0.1) is 6.42 Å². The molecule has 1 atom stereocenters. The Kier molecular flexibility index (Phi) is 6.90. The molecule has 0 aliphatic carbocycles. The van der Waals surface area contributed by atoms with Crippen molar-refractivity contribution in [1.29, 1.82) is 0 Å². The van der Waals surface area contributed by atoms with Crippen LogP contribution < -0.4 is 5.32 Å². The van der Waals surface area contributed by atoms with Gasteiger partial charge in [-0.25, -0.2) is 15.0 Å². The van der Waals surface area contributed by atoms with E-state index >= 15 is 0 Å². The summed E-state index contributed by atoms with van der Waals surface area (Å²) in [5.74, 6) is 0.0536. The first-order valence-corrected chi connectivity index (χ1v) is 9.58. The zero-order valence-electron chi connectivity index (χ0n) is 15.5. The molecule has 0 bridgehead atoms. The summed E-state index contributed by atoms with van der Waals surface area (Å²) in [5.41, 5.74) is 3.29. The van der Waals surface area contributed by atoms with Crippen molar-refractivity contribution in [3.63, 3.8) is 0 Å². The highest BCUT2D eigenvalue weighted by Gasteiger charge is 2.13. The first-order valence-electron chi connectivity index (χ1n) is 9.58. The lowest BCUT2D eigenvalue weighted by molar-refractivity contribution is -0.137. The third-order valence-electron chi connectivity index (χ3n) is 4.78. The van der Waals surface area contributed by atoms with Gasteiger partial charge in [0.1, 0.15) is 12.1 Å². The first-order chi connectivity index (χ1) is 13.2. The minimum absolute atomic E-state index is 0.0515. The van der Waals surface area contributed by atoms with Gasteiger partial charge in [-0.15, -0.1) is 0 Å². The SMILES string of the molecule is O=C(O)C[C@H](/C=C/CCCCc1ccc2c(n1)NCCC2)c1cncnc1. The maximum atomic E-state index is 11.1. The predicted molar refractivity (Wildman–Crippen MR) is 105 cm³/mol. The van der Waals surface area contributed by atoms with Crippen LogP contribution in [0.15, 0.2) is 43.0 Å². The maximum absolute atomic E-state index is 11.1. The van der Waals surface area contributed by atoms with Crippen molar-refractivity contribution in [1.82, 2.24) is 15.0 Å². The molecular formula is C21H26N4O2. The maximum Gasteiger partial charge on any atom is 0.304 e. The fraction of sp³-hybridized carbons (Fsp3) is 0.429. The zero-order chi connectivity index (χ0) is 18.9. The van der Waals surface area contributed by atoms with Gasteiger partial charge in [0.25, 0.3) is 0 Å². The quantitative estimate of drug-likeness (QED) is 0.519. The molecule has 1 aliphatic heterocycles. The topological polar surface area (TPSA) is 88.0 Å². The van der Waals surface area contributed by atoms with Gasteiger partial charge >= 0.3 is 5.97 Å². The molecule has 0 spiro atoms. The van der Waals surface area contributed by atoms with E-state index in [9.17, 15) is 4.79 Å². The number of carboxylic acids is 1. The molecule has 3 heterocycles. The number of hydrogen-bond acceptors (Lipinski definition) is 5. The number of nitrogens with zero attached hydrogens (tertiary/aromatic N) is 3. The van der Waals surface area contributed by atoms with E-state index in [-0.39, 0.29) is 12.3 Å². The Bertz CT molecular complexity index is 777. The molecule has 6 heteroatoms. The van der Waals surface area contributed by atoms with E-state index in [2.05, 4.69) is 33.5 Å². The largest absolute Gasteiger partial charge is 0.481 e. The average molecular weight is 366 g/mol. The number of allylic oxidation sites excluding steroid dienone is 2. The van der Waals surface area contributed by atoms with E-state index < -0.39 is 5.97 Å². The number of unbranched alkanes of at least 4 members (excludes halogenated alkanes) is 2. The summed E-state index contributed by atoms with van der Waals surface area (Å²) in [5, 5.41) is 12.5. The molecule has 0 radical (unpaired) electrons. The molecule has 6 nitrogen and oxygen atoms in total. The van der Waals surface area contributed by atoms with Gasteiger partial charge in [-0.2, -0.15) is 0 Å². The second-order valence-electron chi connectivity index (χ2n) is 6.89. The molecule has 27 heavy (non-hydrogen) atoms. The molecule has 0 unspecified atom stereocenters. The van der Waals surface area contributed by atoms with Crippen LogP contribution in [0.1, 0.15) is 54.8 Å². The Morgan fingerprint density at radius 3 is 2.93 bits per heavy atom. The van der Waals surface area contributed by atoms with Crippen LogP contribution in [0.25, 0.3) is 0 Å². The predicted octanol–water partition coefficient (Wildman–Crippen LogP) is 3.76. The smallest absolute Gasteiger partial charge is 0.304 e. The van der Waals surface area contributed by atoms with Crippen molar-refractivity contribution in [3.05, 3.63) is 59.8 Å². The van der Waals surface area contributed by atoms with Crippen LogP contribution in [0.3, 0.4) is 0 Å². The van der Waals surface area contributed by atoms with Crippen LogP contribution in [0.4, 0.5) is 5.82 Å². The van der Waals surface area contributed by atoms with Gasteiger partial charge in [-0.1, -0.05) is 18.2 Å². The Morgan fingerprint density at radius 2 is 2.11 bits per heavy atom. The van der Waals surface area contributed by atoms with E-state index in [4.69, 9.17) is 10.1 Å². The Hall–Kier alpha value is -2.76. The van der Waals surface area contributed by atoms with Crippen molar-refractivity contribution in [3.8, 4) is 0 Å². The minimum atomic E-state index is -0.819. The lowest BCUT2D eigenvalue weighted by Crippen LogP contribution is -2.13. The minimum Gasteiger partial charge on any atom is -0.481 e. The fourth-order valence-corrected chi connectivity index (χ4v) is 3.32. The van der Waals surface area contributed by atoms with Gasteiger partial charge in [-0.3, -0.25) is 4.79 Å². The molecule has 142 valence electrons. The molecule has 3 rings (SSSR count). The third kappa shape index (κ3) is 5.88. The molecule has 0 saturated carbocycles. The lowest BCUT2D eigenvalue weighted by atomic mass is 9.97. The van der Waals surface area contributed by atoms with Gasteiger partial charge < -0.3 is 10.4 Å². The Labute approximate surface area is 159 Å². The van der Waals surface area contributed by atoms with Crippen LogP contribution in [0.2, 0.25) is 0 Å². The first kappa shape index (κ1) is 19.0. The Morgan fingerprint density at radius 1 is 1.26 bits per heavy atom. The van der Waals surface area contributed by atoms with Crippen molar-refractivity contribution in [2.75, 3.05) is 11.9 Å². The summed E-state index contributed by atoms with van der Waals surface area (Å²) in [6.45, 7) is 1.01. The van der Waals surface area contributed by atoms with E-state index in [1.807, 2.05) is 6.08 Å². The van der Waals surface area contributed by atoms with Crippen LogP contribution in [0.5, 0.6) is 0 Å². The molecule has 0 saturated heterocycles. The van der Waals surface area contributed by atoms with E-state index in [1.165, 1.54) is 18.3 Å². The summed E-state index contributed by atoms with van der Waals surface area (Å²) in [6.07, 6.45) is 15.2. The molecule has 0 aromatic carbocycles. The van der Waals surface area contributed by atoms with Crippen molar-refractivity contribution < 1.29 is 9.90 Å². The van der Waals surface area contributed by atoms with E-state index in [0.29, 0.717) is 0 Å². The van der Waals surface area contributed by atoms with Gasteiger partial charge in [-0.05, 0) is 55.7 Å². The van der Waals surface area contributed by atoms with Crippen LogP contribution in [-0.4, -0.2) is 32.6 Å². The number of fused-ring (bicyclic) bond motifs is 1. The molecule has 0 fully saturated rings. The fourth-order valence-electron chi connectivity index (χ4n) is 3.32. The molecule has 2 aromatic heterocycles. The van der Waals surface area contributed by atoms with Crippen LogP contribution in [-0.2, 0) is 17.6 Å². The van der Waals surface area contributed by atoms with Gasteiger partial charge in [0, 0.05) is 30.6 Å². The van der Waals surface area contributed by atoms with Crippen molar-refractivity contribution in [2.24, 2.45) is 0 Å². The molecule has 2 aromatic rings. The summed E-state index contributed by atoms with van der Waals surface area (Å²) in [6, 6.07) is 4.34. The normalized spacial score (nSPS) is 14.5. The van der Waals surface area contributed by atoms with E-state index in [1.54, 1.807) is 12.4 Å². The highest BCUT2D eigenvalue weighted by molar-refractivity contribution is 5.68. The van der Waals surface area contributed by atoms with Crippen LogP contribution in [0, 0.1) is 0 Å². The number of anilines is 1. The van der Waals surface area contributed by atoms with Gasteiger partial charge in [0.2, 0.25) is 0 Å². The summed E-state index contributed by atoms with van der Waals surface area (Å²) >= 11 is 0. The number of rotatable bonds is 9. The lowest BCUT2D eigenvalue weighted by Gasteiger charge is -2.17. The highest BCUT2D eigenvalue weighted by Crippen LogP contribution is 2.22. The molecule has 0 amide bonds. The number of carbonyl (C=O) groups is 1. The number of nitrogens with one attached hydrogen (secondary N) is 1. The molecule has 1 aliphatic rings. The standard InChI is InChI=1S/C21H26N4O2/c26-20(27)12-17(18-13-22-15-23-14-18)6-3-1-2-4-8-19-10-9-16-7-5-11-24-21(16)25-19/h3,6,9-10,13-15,17H,1-2,4-5,7-8,11-12H2,(H,24,25)(H,26,27)/b6-3+/t17-/m0/s1. The second-order valence-corrected chi connectivity index (χ2v) is 6.89. The zero-order valence-corrected chi connectivity index (χ0v) is 15.5. The number of hydrogen-bond donors (Lipinski definition) is 2. The summed E-state index contributed by atoms with van der Waals surface area (Å²) < 4.78 is 0. The van der Waals surface area contributed by atoms with Crippen molar-refractivity contribution in [2.45, 2.75) is 50.9 Å². The summed E-state index contributed by atoms with van der Waals surface area (Å²) in [4.78, 5) is 23.8.